The van der Waals surface area contributed by atoms with Crippen LogP contribution in [0.4, 0.5) is 0 Å². The van der Waals surface area contributed by atoms with Crippen molar-refractivity contribution < 1.29 is 9.53 Å². The van der Waals surface area contributed by atoms with E-state index in [-0.39, 0.29) is 12.3 Å². The number of hydrogen-bond acceptors (Lipinski definition) is 4. The van der Waals surface area contributed by atoms with Crippen LogP contribution in [0, 0.1) is 0 Å². The van der Waals surface area contributed by atoms with E-state index in [0.717, 1.165) is 5.56 Å². The number of aromatic nitrogens is 1. The van der Waals surface area contributed by atoms with Gasteiger partial charge in [-0.05, 0) is 17.7 Å². The van der Waals surface area contributed by atoms with Gasteiger partial charge >= 0.3 is 0 Å². The first-order valence-corrected chi connectivity index (χ1v) is 6.06. The number of rotatable bonds is 5. The summed E-state index contributed by atoms with van der Waals surface area (Å²) in [6, 6.07) is 12.9. The highest BCUT2D eigenvalue weighted by atomic mass is 16.5. The second-order valence-corrected chi connectivity index (χ2v) is 4.12. The Labute approximate surface area is 112 Å². The highest BCUT2D eigenvalue weighted by Gasteiger charge is 2.24. The molecule has 1 atom stereocenters. The number of carbonyl (C=O) groups is 1. The van der Waals surface area contributed by atoms with Crippen molar-refractivity contribution in [3.8, 4) is 5.75 Å². The van der Waals surface area contributed by atoms with E-state index >= 15 is 0 Å². The fraction of sp³-hybridized carbons (Fsp3) is 0.200. The molecule has 4 heteroatoms. The SMILES string of the molecule is COc1cccnc1C(=O)C(CN)c1ccccc1. The molecule has 0 aliphatic heterocycles. The van der Waals surface area contributed by atoms with Crippen LogP contribution in [-0.2, 0) is 0 Å². The molecule has 2 N–H and O–H groups in total. The molecule has 0 aliphatic carbocycles. The molecule has 0 saturated heterocycles. The summed E-state index contributed by atoms with van der Waals surface area (Å²) in [6.07, 6.45) is 1.58. The van der Waals surface area contributed by atoms with E-state index in [9.17, 15) is 4.79 Å². The Kier molecular flexibility index (Phi) is 4.26. The van der Waals surface area contributed by atoms with Crippen LogP contribution >= 0.6 is 0 Å². The van der Waals surface area contributed by atoms with E-state index in [1.54, 1.807) is 18.3 Å². The van der Waals surface area contributed by atoms with Crippen LogP contribution < -0.4 is 10.5 Å². The smallest absolute Gasteiger partial charge is 0.193 e. The maximum Gasteiger partial charge on any atom is 0.193 e. The molecule has 2 aromatic rings. The Bertz CT molecular complexity index is 555. The average molecular weight is 256 g/mol. The molecule has 0 spiro atoms. The third kappa shape index (κ3) is 2.80. The van der Waals surface area contributed by atoms with Crippen LogP contribution in [-0.4, -0.2) is 24.4 Å². The molecule has 0 amide bonds. The van der Waals surface area contributed by atoms with E-state index < -0.39 is 5.92 Å². The standard InChI is InChI=1S/C15H16N2O2/c1-19-13-8-5-9-17-14(13)15(18)12(10-16)11-6-3-2-4-7-11/h2-9,12H,10,16H2,1H3. The van der Waals surface area contributed by atoms with E-state index in [2.05, 4.69) is 4.98 Å². The molecule has 0 fully saturated rings. The van der Waals surface area contributed by atoms with Gasteiger partial charge in [-0.25, -0.2) is 4.98 Å². The average Bonchev–Trinajstić information content (AvgIpc) is 2.49. The normalized spacial score (nSPS) is 11.9. The van der Waals surface area contributed by atoms with Crippen molar-refractivity contribution in [3.63, 3.8) is 0 Å². The molecule has 4 nitrogen and oxygen atoms in total. The number of ketones is 1. The number of Topliss-reactive ketones (excluding diaryl/α,β-unsaturated/α-hetero) is 1. The van der Waals surface area contributed by atoms with Gasteiger partial charge in [0.15, 0.2) is 5.78 Å². The van der Waals surface area contributed by atoms with Crippen molar-refractivity contribution in [1.29, 1.82) is 0 Å². The van der Waals surface area contributed by atoms with Gasteiger partial charge in [0.05, 0.1) is 13.0 Å². The van der Waals surface area contributed by atoms with Gasteiger partial charge in [-0.3, -0.25) is 4.79 Å². The van der Waals surface area contributed by atoms with Gasteiger partial charge in [0.2, 0.25) is 0 Å². The number of ether oxygens (including phenoxy) is 1. The van der Waals surface area contributed by atoms with E-state index in [4.69, 9.17) is 10.5 Å². The van der Waals surface area contributed by atoms with Crippen LogP contribution in [0.1, 0.15) is 22.0 Å². The molecule has 1 aromatic carbocycles. The lowest BCUT2D eigenvalue weighted by Gasteiger charge is -2.15. The predicted molar refractivity (Wildman–Crippen MR) is 73.4 cm³/mol. The van der Waals surface area contributed by atoms with Gasteiger partial charge in [0.1, 0.15) is 11.4 Å². The molecule has 0 radical (unpaired) electrons. The van der Waals surface area contributed by atoms with Crippen LogP contribution in [0.15, 0.2) is 48.7 Å². The zero-order valence-corrected chi connectivity index (χ0v) is 10.7. The van der Waals surface area contributed by atoms with Crippen LogP contribution in [0.5, 0.6) is 5.75 Å². The number of hydrogen-bond donors (Lipinski definition) is 1. The van der Waals surface area contributed by atoms with Crippen LogP contribution in [0.2, 0.25) is 0 Å². The molecule has 0 saturated carbocycles. The zero-order valence-electron chi connectivity index (χ0n) is 10.7. The summed E-state index contributed by atoms with van der Waals surface area (Å²) in [5.74, 6) is -0.0435. The summed E-state index contributed by atoms with van der Waals surface area (Å²) in [6.45, 7) is 0.239. The number of carbonyl (C=O) groups excluding carboxylic acids is 1. The number of benzene rings is 1. The van der Waals surface area contributed by atoms with Gasteiger partial charge in [0, 0.05) is 12.7 Å². The second kappa shape index (κ2) is 6.11. The van der Waals surface area contributed by atoms with Gasteiger partial charge in [-0.1, -0.05) is 30.3 Å². The maximum absolute atomic E-state index is 12.5. The van der Waals surface area contributed by atoms with Crippen molar-refractivity contribution in [3.05, 3.63) is 59.9 Å². The maximum atomic E-state index is 12.5. The van der Waals surface area contributed by atoms with Gasteiger partial charge in [-0.2, -0.15) is 0 Å². The molecule has 0 aliphatic rings. The number of nitrogens with zero attached hydrogens (tertiary/aromatic N) is 1. The van der Waals surface area contributed by atoms with Crippen molar-refractivity contribution in [2.45, 2.75) is 5.92 Å². The molecular weight excluding hydrogens is 240 g/mol. The minimum atomic E-state index is -0.398. The Morgan fingerprint density at radius 3 is 2.63 bits per heavy atom. The lowest BCUT2D eigenvalue weighted by molar-refractivity contribution is 0.0954. The summed E-state index contributed by atoms with van der Waals surface area (Å²) in [4.78, 5) is 16.6. The molecule has 98 valence electrons. The first-order valence-electron chi connectivity index (χ1n) is 6.06. The summed E-state index contributed by atoms with van der Waals surface area (Å²) in [5.41, 5.74) is 6.96. The Morgan fingerprint density at radius 1 is 1.26 bits per heavy atom. The first-order chi connectivity index (χ1) is 9.27. The minimum Gasteiger partial charge on any atom is -0.494 e. The number of pyridine rings is 1. The van der Waals surface area contributed by atoms with E-state index in [1.165, 1.54) is 7.11 Å². The van der Waals surface area contributed by atoms with Crippen LogP contribution in [0.25, 0.3) is 0 Å². The minimum absolute atomic E-state index is 0.119. The van der Waals surface area contributed by atoms with Crippen molar-refractivity contribution >= 4 is 5.78 Å². The predicted octanol–water partition coefficient (Wildman–Crippen LogP) is 2.02. The number of methoxy groups -OCH3 is 1. The van der Waals surface area contributed by atoms with E-state index in [0.29, 0.717) is 11.4 Å². The van der Waals surface area contributed by atoms with Crippen LogP contribution in [0.3, 0.4) is 0 Å². The lowest BCUT2D eigenvalue weighted by atomic mass is 9.92. The Hall–Kier alpha value is -2.20. The first kappa shape index (κ1) is 13.2. The highest BCUT2D eigenvalue weighted by Crippen LogP contribution is 2.24. The second-order valence-electron chi connectivity index (χ2n) is 4.12. The third-order valence-electron chi connectivity index (χ3n) is 2.98. The van der Waals surface area contributed by atoms with Gasteiger partial charge in [0.25, 0.3) is 0 Å². The fourth-order valence-corrected chi connectivity index (χ4v) is 1.99. The topological polar surface area (TPSA) is 65.2 Å². The number of nitrogens with two attached hydrogens (primary N) is 1. The third-order valence-corrected chi connectivity index (χ3v) is 2.98. The van der Waals surface area contributed by atoms with Crippen molar-refractivity contribution in [1.82, 2.24) is 4.98 Å². The summed E-state index contributed by atoms with van der Waals surface area (Å²) in [5, 5.41) is 0. The summed E-state index contributed by atoms with van der Waals surface area (Å²) >= 11 is 0. The monoisotopic (exact) mass is 256 g/mol. The fourth-order valence-electron chi connectivity index (χ4n) is 1.99. The van der Waals surface area contributed by atoms with Gasteiger partial charge < -0.3 is 10.5 Å². The van der Waals surface area contributed by atoms with Crippen molar-refractivity contribution in [2.24, 2.45) is 5.73 Å². The molecule has 0 bridgehead atoms. The van der Waals surface area contributed by atoms with E-state index in [1.807, 2.05) is 30.3 Å². The van der Waals surface area contributed by atoms with Crippen molar-refractivity contribution in [2.75, 3.05) is 13.7 Å². The summed E-state index contributed by atoms with van der Waals surface area (Å²) < 4.78 is 5.17. The largest absolute Gasteiger partial charge is 0.494 e. The molecule has 1 unspecified atom stereocenters. The zero-order chi connectivity index (χ0) is 13.7. The quantitative estimate of drug-likeness (QED) is 0.831. The molecular formula is C15H16N2O2. The molecule has 2 rings (SSSR count). The molecule has 1 aromatic heterocycles. The van der Waals surface area contributed by atoms with Gasteiger partial charge in [-0.15, -0.1) is 0 Å². The Morgan fingerprint density at radius 2 is 2.00 bits per heavy atom. The Balaban J connectivity index is 2.36. The molecule has 19 heavy (non-hydrogen) atoms. The lowest BCUT2D eigenvalue weighted by Crippen LogP contribution is -2.23. The highest BCUT2D eigenvalue weighted by molar-refractivity contribution is 6.01. The summed E-state index contributed by atoms with van der Waals surface area (Å²) in [7, 11) is 1.52. The molecule has 1 heterocycles.